The number of benzene rings is 1. The van der Waals surface area contributed by atoms with Gasteiger partial charge in [0.1, 0.15) is 11.7 Å². The average molecular weight is 483 g/mol. The molecule has 182 valence electrons. The molecule has 0 bridgehead atoms. The summed E-state index contributed by atoms with van der Waals surface area (Å²) in [7, 11) is 0. The molecule has 0 aliphatic carbocycles. The number of rotatable bonds is 11. The van der Waals surface area contributed by atoms with Crippen LogP contribution in [-0.2, 0) is 4.79 Å². The first-order valence-corrected chi connectivity index (χ1v) is 12.5. The van der Waals surface area contributed by atoms with Crippen LogP contribution in [0.4, 0.5) is 17.3 Å². The smallest absolute Gasteiger partial charge is 0.224 e. The quantitative estimate of drug-likeness (QED) is 0.213. The lowest BCUT2D eigenvalue weighted by Gasteiger charge is -2.26. The lowest BCUT2D eigenvalue weighted by molar-refractivity contribution is -0.115. The van der Waals surface area contributed by atoms with E-state index in [0.29, 0.717) is 41.2 Å². The standard InChI is InChI=1S/C24H34N8OS/c1-3-23(33)28-18-7-9-19(10-8-18)34-24-30-21(27-11-14-32-12-5-4-6-13-32)16-22(31-24)29-20(26)15-17(2)25/h7-10,16,25H,3-6,11-15H2,1-2H3,(H,28,33)(H3,26,27,29,30,31). The van der Waals surface area contributed by atoms with Crippen molar-refractivity contribution in [1.29, 1.82) is 5.41 Å². The van der Waals surface area contributed by atoms with E-state index < -0.39 is 0 Å². The fourth-order valence-corrected chi connectivity index (χ4v) is 4.32. The predicted molar refractivity (Wildman–Crippen MR) is 140 cm³/mol. The van der Waals surface area contributed by atoms with E-state index in [-0.39, 0.29) is 5.91 Å². The van der Waals surface area contributed by atoms with Crippen LogP contribution in [0.1, 0.15) is 46.0 Å². The van der Waals surface area contributed by atoms with Crippen LogP contribution in [0.15, 0.2) is 45.4 Å². The van der Waals surface area contributed by atoms with Gasteiger partial charge in [-0.1, -0.05) is 13.3 Å². The third kappa shape index (κ3) is 8.75. The van der Waals surface area contributed by atoms with Gasteiger partial charge < -0.3 is 26.7 Å². The fraction of sp³-hybridized carbons (Fsp3) is 0.458. The third-order valence-corrected chi connectivity index (χ3v) is 6.12. The van der Waals surface area contributed by atoms with Gasteiger partial charge in [0, 0.05) is 48.3 Å². The fourth-order valence-electron chi connectivity index (χ4n) is 3.55. The maximum atomic E-state index is 11.6. The number of aromatic nitrogens is 2. The summed E-state index contributed by atoms with van der Waals surface area (Å²) in [6.07, 6.45) is 4.58. The molecule has 0 saturated carbocycles. The molecule has 0 atom stereocenters. The van der Waals surface area contributed by atoms with E-state index in [2.05, 4.69) is 30.5 Å². The zero-order valence-electron chi connectivity index (χ0n) is 19.9. The van der Waals surface area contributed by atoms with Gasteiger partial charge in [0.05, 0.1) is 0 Å². The maximum Gasteiger partial charge on any atom is 0.224 e. The van der Waals surface area contributed by atoms with E-state index in [0.717, 1.165) is 36.8 Å². The van der Waals surface area contributed by atoms with E-state index in [9.17, 15) is 4.79 Å². The van der Waals surface area contributed by atoms with E-state index in [1.165, 1.54) is 31.0 Å². The monoisotopic (exact) mass is 482 g/mol. The molecule has 2 heterocycles. The highest BCUT2D eigenvalue weighted by Gasteiger charge is 2.11. The molecule has 1 aromatic carbocycles. The number of anilines is 2. The summed E-state index contributed by atoms with van der Waals surface area (Å²) in [4.78, 5) is 28.6. The Kier molecular flexibility index (Phi) is 9.84. The van der Waals surface area contributed by atoms with Gasteiger partial charge in [-0.2, -0.15) is 0 Å². The molecule has 0 unspecified atom stereocenters. The predicted octanol–water partition coefficient (Wildman–Crippen LogP) is 4.29. The van der Waals surface area contributed by atoms with E-state index in [1.807, 2.05) is 31.2 Å². The van der Waals surface area contributed by atoms with Gasteiger partial charge in [-0.25, -0.2) is 15.0 Å². The van der Waals surface area contributed by atoms with Crippen molar-refractivity contribution in [3.8, 4) is 0 Å². The van der Waals surface area contributed by atoms with E-state index in [1.54, 1.807) is 13.0 Å². The van der Waals surface area contributed by atoms with Crippen molar-refractivity contribution in [3.63, 3.8) is 0 Å². The number of carbonyl (C=O) groups is 1. The van der Waals surface area contributed by atoms with Crippen LogP contribution in [0.5, 0.6) is 0 Å². The molecule has 9 nitrogen and oxygen atoms in total. The molecule has 1 aliphatic heterocycles. The Morgan fingerprint density at radius 3 is 2.62 bits per heavy atom. The van der Waals surface area contributed by atoms with Gasteiger partial charge in [0.2, 0.25) is 5.91 Å². The zero-order chi connectivity index (χ0) is 24.3. The van der Waals surface area contributed by atoms with Crippen molar-refractivity contribution in [3.05, 3.63) is 30.3 Å². The van der Waals surface area contributed by atoms with Crippen LogP contribution in [0.25, 0.3) is 0 Å². The van der Waals surface area contributed by atoms with Crippen molar-refractivity contribution in [2.45, 2.75) is 56.0 Å². The molecule has 1 aliphatic rings. The second-order valence-electron chi connectivity index (χ2n) is 8.31. The van der Waals surface area contributed by atoms with Crippen molar-refractivity contribution in [1.82, 2.24) is 14.9 Å². The van der Waals surface area contributed by atoms with Crippen molar-refractivity contribution in [2.24, 2.45) is 10.7 Å². The largest absolute Gasteiger partial charge is 0.387 e. The Morgan fingerprint density at radius 2 is 1.94 bits per heavy atom. The zero-order valence-corrected chi connectivity index (χ0v) is 20.7. The van der Waals surface area contributed by atoms with Crippen LogP contribution >= 0.6 is 11.8 Å². The van der Waals surface area contributed by atoms with Gasteiger partial charge in [-0.05, 0) is 68.9 Å². The van der Waals surface area contributed by atoms with Crippen LogP contribution in [0, 0.1) is 5.41 Å². The number of piperidine rings is 1. The highest BCUT2D eigenvalue weighted by molar-refractivity contribution is 7.99. The van der Waals surface area contributed by atoms with E-state index in [4.69, 9.17) is 11.1 Å². The minimum absolute atomic E-state index is 0.0210. The summed E-state index contributed by atoms with van der Waals surface area (Å²) in [5, 5.41) is 14.4. The number of nitrogens with one attached hydrogen (secondary N) is 3. The Labute approximate surface area is 205 Å². The van der Waals surface area contributed by atoms with Crippen molar-refractivity contribution in [2.75, 3.05) is 36.8 Å². The molecule has 2 aromatic rings. The highest BCUT2D eigenvalue weighted by atomic mass is 32.2. The molecule has 10 heteroatoms. The molecule has 1 saturated heterocycles. The summed E-state index contributed by atoms with van der Waals surface area (Å²) in [5.74, 6) is 1.48. The number of likely N-dealkylation sites (tertiary alicyclic amines) is 1. The Morgan fingerprint density at radius 1 is 1.21 bits per heavy atom. The maximum absolute atomic E-state index is 11.6. The molecule has 34 heavy (non-hydrogen) atoms. The lowest BCUT2D eigenvalue weighted by atomic mass is 10.1. The normalized spacial score (nSPS) is 14.6. The molecular weight excluding hydrogens is 448 g/mol. The first kappa shape index (κ1) is 25.6. The minimum atomic E-state index is -0.0210. The van der Waals surface area contributed by atoms with Gasteiger partial charge in [0.15, 0.2) is 11.0 Å². The average Bonchev–Trinajstić information content (AvgIpc) is 2.80. The first-order valence-electron chi connectivity index (χ1n) is 11.7. The van der Waals surface area contributed by atoms with Crippen molar-refractivity contribution < 1.29 is 4.79 Å². The summed E-state index contributed by atoms with van der Waals surface area (Å²) < 4.78 is 0. The summed E-state index contributed by atoms with van der Waals surface area (Å²) in [5.41, 5.74) is 7.20. The Bertz CT molecular complexity index is 1000. The van der Waals surface area contributed by atoms with Gasteiger partial charge >= 0.3 is 0 Å². The molecule has 0 spiro atoms. The molecule has 5 N–H and O–H groups in total. The van der Waals surface area contributed by atoms with Crippen LogP contribution < -0.4 is 16.4 Å². The first-order chi connectivity index (χ1) is 16.4. The second-order valence-corrected chi connectivity index (χ2v) is 9.35. The molecule has 0 radical (unpaired) electrons. The van der Waals surface area contributed by atoms with Crippen LogP contribution in [0.2, 0.25) is 0 Å². The van der Waals surface area contributed by atoms with E-state index >= 15 is 0 Å². The van der Waals surface area contributed by atoms with Gasteiger partial charge in [-0.3, -0.25) is 4.79 Å². The van der Waals surface area contributed by atoms with Gasteiger partial charge in [0.25, 0.3) is 0 Å². The molecule has 3 rings (SSSR count). The van der Waals surface area contributed by atoms with Gasteiger partial charge in [-0.15, -0.1) is 0 Å². The van der Waals surface area contributed by atoms with Crippen molar-refractivity contribution >= 4 is 46.5 Å². The Hall–Kier alpha value is -2.98. The number of hydrogen-bond acceptors (Lipinski definition) is 8. The molecule has 1 aromatic heterocycles. The molecule has 1 amide bonds. The molecule has 1 fully saturated rings. The number of nitrogens with two attached hydrogens (primary N) is 1. The number of amides is 1. The second kappa shape index (κ2) is 13.0. The number of hydrogen-bond donors (Lipinski definition) is 4. The lowest BCUT2D eigenvalue weighted by Crippen LogP contribution is -2.33. The topological polar surface area (TPSA) is 132 Å². The molecular formula is C24H34N8OS. The summed E-state index contributed by atoms with van der Waals surface area (Å²) in [6.45, 7) is 7.56. The van der Waals surface area contributed by atoms with Crippen LogP contribution in [0.3, 0.4) is 0 Å². The number of carbonyl (C=O) groups excluding carboxylic acids is 1. The summed E-state index contributed by atoms with van der Waals surface area (Å²) in [6, 6.07) is 9.35. The number of nitrogens with zero attached hydrogens (tertiary/aromatic N) is 4. The Balaban J connectivity index is 1.73. The highest BCUT2D eigenvalue weighted by Crippen LogP contribution is 2.29. The summed E-state index contributed by atoms with van der Waals surface area (Å²) >= 11 is 1.41. The number of amidine groups is 1. The minimum Gasteiger partial charge on any atom is -0.387 e. The third-order valence-electron chi connectivity index (χ3n) is 5.25. The van der Waals surface area contributed by atoms with Crippen LogP contribution in [-0.4, -0.2) is 58.5 Å². The SMILES string of the molecule is CCC(=O)Nc1ccc(Sc2nc(N=C(N)CC(C)=N)cc(NCCN3CCCCC3)n2)cc1. The number of aliphatic imine (C=N–C) groups is 1.